The predicted molar refractivity (Wildman–Crippen MR) is 113 cm³/mol. The highest BCUT2D eigenvalue weighted by molar-refractivity contribution is 5.60. The molecule has 0 saturated heterocycles. The summed E-state index contributed by atoms with van der Waals surface area (Å²) >= 11 is 0. The van der Waals surface area contributed by atoms with Crippen LogP contribution in [-0.4, -0.2) is 23.6 Å². The first kappa shape index (κ1) is 19.3. The van der Waals surface area contributed by atoms with Gasteiger partial charge in [0, 0.05) is 24.9 Å². The number of benzene rings is 2. The first-order chi connectivity index (χ1) is 14.1. The molecule has 1 unspecified atom stereocenters. The molecule has 5 nitrogen and oxygen atoms in total. The Morgan fingerprint density at radius 2 is 1.90 bits per heavy atom. The van der Waals surface area contributed by atoms with Crippen LogP contribution in [0, 0.1) is 12.7 Å². The minimum Gasteiger partial charge on any atom is -0.380 e. The van der Waals surface area contributed by atoms with Gasteiger partial charge in [0.15, 0.2) is 0 Å². The van der Waals surface area contributed by atoms with Crippen LogP contribution in [0.25, 0.3) is 0 Å². The fourth-order valence-electron chi connectivity index (χ4n) is 3.91. The molecule has 6 heteroatoms. The molecule has 1 aliphatic rings. The Bertz CT molecular complexity index is 1010. The van der Waals surface area contributed by atoms with Crippen molar-refractivity contribution in [2.24, 2.45) is 0 Å². The molecule has 0 bridgehead atoms. The van der Waals surface area contributed by atoms with E-state index in [1.54, 1.807) is 19.2 Å². The second kappa shape index (κ2) is 8.17. The number of ether oxygens (including phenoxy) is 1. The molecule has 0 radical (unpaired) electrons. The minimum absolute atomic E-state index is 0.198. The van der Waals surface area contributed by atoms with Crippen LogP contribution in [0.5, 0.6) is 0 Å². The summed E-state index contributed by atoms with van der Waals surface area (Å²) in [7, 11) is 1.68. The van der Waals surface area contributed by atoms with E-state index in [0.29, 0.717) is 12.6 Å². The summed E-state index contributed by atoms with van der Waals surface area (Å²) in [5.41, 5.74) is 5.32. The molecule has 3 aromatic rings. The molecule has 1 atom stereocenters. The molecule has 4 rings (SSSR count). The van der Waals surface area contributed by atoms with Gasteiger partial charge in [0.1, 0.15) is 11.6 Å². The Morgan fingerprint density at radius 3 is 2.66 bits per heavy atom. The van der Waals surface area contributed by atoms with E-state index in [2.05, 4.69) is 46.4 Å². The molecular formula is C23H25FN4O. The highest BCUT2D eigenvalue weighted by Crippen LogP contribution is 2.35. The summed E-state index contributed by atoms with van der Waals surface area (Å²) in [5, 5.41) is 3.20. The van der Waals surface area contributed by atoms with Crippen molar-refractivity contribution in [1.29, 1.82) is 0 Å². The molecule has 0 spiro atoms. The number of rotatable bonds is 5. The zero-order valence-corrected chi connectivity index (χ0v) is 16.9. The molecule has 0 amide bonds. The lowest BCUT2D eigenvalue weighted by Gasteiger charge is -2.37. The van der Waals surface area contributed by atoms with E-state index >= 15 is 0 Å². The maximum Gasteiger partial charge on any atom is 0.229 e. The van der Waals surface area contributed by atoms with Gasteiger partial charge in [-0.15, -0.1) is 0 Å². The third-order valence-corrected chi connectivity index (χ3v) is 5.45. The number of aromatic nitrogens is 2. The number of hydrogen-bond acceptors (Lipinski definition) is 5. The first-order valence-electron chi connectivity index (χ1n) is 9.80. The summed E-state index contributed by atoms with van der Waals surface area (Å²) in [6.45, 7) is 5.50. The van der Waals surface area contributed by atoms with Crippen LogP contribution < -0.4 is 10.2 Å². The highest BCUT2D eigenvalue weighted by atomic mass is 19.1. The molecule has 1 aliphatic heterocycles. The number of methoxy groups -OCH3 is 1. The summed E-state index contributed by atoms with van der Waals surface area (Å²) in [6, 6.07) is 15.0. The van der Waals surface area contributed by atoms with Crippen LogP contribution in [0.2, 0.25) is 0 Å². The number of aryl methyl sites for hydroxylation is 1. The van der Waals surface area contributed by atoms with Crippen LogP contribution in [0.4, 0.5) is 21.8 Å². The normalized spacial score (nSPS) is 15.9. The van der Waals surface area contributed by atoms with Gasteiger partial charge in [0.05, 0.1) is 18.3 Å². The number of fused-ring (bicyclic) bond motifs is 1. The SMILES string of the molecule is COCc1c(C)nc(Nc2ccc(F)cc2)nc1N1CCc2ccccc2C1C. The van der Waals surface area contributed by atoms with Gasteiger partial charge in [0.2, 0.25) is 5.95 Å². The molecule has 1 N–H and O–H groups in total. The lowest BCUT2D eigenvalue weighted by Crippen LogP contribution is -2.35. The van der Waals surface area contributed by atoms with E-state index in [0.717, 1.165) is 35.7 Å². The van der Waals surface area contributed by atoms with Gasteiger partial charge in [-0.2, -0.15) is 4.98 Å². The van der Waals surface area contributed by atoms with E-state index in [4.69, 9.17) is 9.72 Å². The van der Waals surface area contributed by atoms with Crippen LogP contribution in [0.15, 0.2) is 48.5 Å². The molecular weight excluding hydrogens is 367 g/mol. The third-order valence-electron chi connectivity index (χ3n) is 5.45. The zero-order chi connectivity index (χ0) is 20.4. The molecule has 0 fully saturated rings. The fourth-order valence-corrected chi connectivity index (χ4v) is 3.91. The third kappa shape index (κ3) is 3.93. The van der Waals surface area contributed by atoms with Crippen molar-refractivity contribution in [3.05, 3.63) is 76.7 Å². The Labute approximate surface area is 170 Å². The van der Waals surface area contributed by atoms with Gasteiger partial charge in [-0.1, -0.05) is 24.3 Å². The van der Waals surface area contributed by atoms with Crippen molar-refractivity contribution in [3.8, 4) is 0 Å². The number of nitrogens with one attached hydrogen (secondary N) is 1. The van der Waals surface area contributed by atoms with Crippen molar-refractivity contribution in [3.63, 3.8) is 0 Å². The fraction of sp³-hybridized carbons (Fsp3) is 0.304. The second-order valence-corrected chi connectivity index (χ2v) is 7.32. The second-order valence-electron chi connectivity index (χ2n) is 7.32. The smallest absolute Gasteiger partial charge is 0.229 e. The van der Waals surface area contributed by atoms with Gasteiger partial charge in [0.25, 0.3) is 0 Å². The van der Waals surface area contributed by atoms with E-state index in [-0.39, 0.29) is 11.9 Å². The van der Waals surface area contributed by atoms with Crippen LogP contribution in [-0.2, 0) is 17.8 Å². The molecule has 2 heterocycles. The number of nitrogens with zero attached hydrogens (tertiary/aromatic N) is 3. The summed E-state index contributed by atoms with van der Waals surface area (Å²) in [6.07, 6.45) is 0.969. The van der Waals surface area contributed by atoms with Crippen molar-refractivity contribution < 1.29 is 9.13 Å². The minimum atomic E-state index is -0.274. The Balaban J connectivity index is 1.72. The Hall–Kier alpha value is -2.99. The summed E-state index contributed by atoms with van der Waals surface area (Å²) in [4.78, 5) is 11.8. The quantitative estimate of drug-likeness (QED) is 0.667. The standard InChI is InChI=1S/C23H25FN4O/c1-15-21(14-29-3)22(27-23(25-15)26-19-10-8-18(24)9-11-19)28-13-12-17-6-4-5-7-20(17)16(28)2/h4-11,16H,12-14H2,1-3H3,(H,25,26,27). The van der Waals surface area contributed by atoms with Crippen molar-refractivity contribution in [1.82, 2.24) is 9.97 Å². The van der Waals surface area contributed by atoms with E-state index < -0.39 is 0 Å². The Kier molecular flexibility index (Phi) is 5.45. The van der Waals surface area contributed by atoms with Gasteiger partial charge in [-0.3, -0.25) is 0 Å². The van der Waals surface area contributed by atoms with Crippen LogP contribution in [0.3, 0.4) is 0 Å². The van der Waals surface area contributed by atoms with E-state index in [9.17, 15) is 4.39 Å². The molecule has 0 saturated carbocycles. The topological polar surface area (TPSA) is 50.3 Å². The zero-order valence-electron chi connectivity index (χ0n) is 16.9. The number of anilines is 3. The highest BCUT2D eigenvalue weighted by Gasteiger charge is 2.27. The molecule has 2 aromatic carbocycles. The monoisotopic (exact) mass is 392 g/mol. The number of halogens is 1. The van der Waals surface area contributed by atoms with Gasteiger partial charge >= 0.3 is 0 Å². The predicted octanol–water partition coefficient (Wildman–Crippen LogP) is 4.94. The molecule has 0 aliphatic carbocycles. The van der Waals surface area contributed by atoms with Gasteiger partial charge in [-0.25, -0.2) is 9.37 Å². The van der Waals surface area contributed by atoms with Gasteiger partial charge < -0.3 is 15.0 Å². The van der Waals surface area contributed by atoms with Crippen molar-refractivity contribution in [2.45, 2.75) is 32.9 Å². The maximum atomic E-state index is 13.2. The van der Waals surface area contributed by atoms with Crippen LogP contribution in [0.1, 0.15) is 35.3 Å². The van der Waals surface area contributed by atoms with Crippen molar-refractivity contribution >= 4 is 17.5 Å². The summed E-state index contributed by atoms with van der Waals surface area (Å²) < 4.78 is 18.7. The number of hydrogen-bond donors (Lipinski definition) is 1. The first-order valence-corrected chi connectivity index (χ1v) is 9.80. The van der Waals surface area contributed by atoms with Crippen molar-refractivity contribution in [2.75, 3.05) is 23.9 Å². The maximum absolute atomic E-state index is 13.2. The average Bonchev–Trinajstić information content (AvgIpc) is 2.72. The summed E-state index contributed by atoms with van der Waals surface area (Å²) in [5.74, 6) is 1.10. The largest absolute Gasteiger partial charge is 0.380 e. The molecule has 1 aromatic heterocycles. The van der Waals surface area contributed by atoms with Crippen LogP contribution >= 0.6 is 0 Å². The lowest BCUT2D eigenvalue weighted by molar-refractivity contribution is 0.184. The van der Waals surface area contributed by atoms with E-state index in [1.165, 1.54) is 23.3 Å². The Morgan fingerprint density at radius 1 is 1.14 bits per heavy atom. The molecule has 150 valence electrons. The average molecular weight is 392 g/mol. The van der Waals surface area contributed by atoms with Gasteiger partial charge in [-0.05, 0) is 55.7 Å². The lowest BCUT2D eigenvalue weighted by atomic mass is 9.93. The van der Waals surface area contributed by atoms with E-state index in [1.807, 2.05) is 6.92 Å². The molecule has 29 heavy (non-hydrogen) atoms.